The van der Waals surface area contributed by atoms with Crippen LogP contribution in [0.1, 0.15) is 10.4 Å². The molecule has 1 aliphatic rings. The summed E-state index contributed by atoms with van der Waals surface area (Å²) in [5.74, 6) is -1.26. The van der Waals surface area contributed by atoms with Gasteiger partial charge in [0.2, 0.25) is 0 Å². The van der Waals surface area contributed by atoms with Gasteiger partial charge in [-0.05, 0) is 24.3 Å². The Morgan fingerprint density at radius 1 is 1.08 bits per heavy atom. The summed E-state index contributed by atoms with van der Waals surface area (Å²) in [5.41, 5.74) is 2.07. The molecule has 0 aromatic heterocycles. The second-order valence-electron chi connectivity index (χ2n) is 5.49. The summed E-state index contributed by atoms with van der Waals surface area (Å²) in [5, 5.41) is 12.3. The highest BCUT2D eigenvalue weighted by atomic mass is 16.5. The Kier molecular flexibility index (Phi) is 4.77. The van der Waals surface area contributed by atoms with Crippen molar-refractivity contribution in [2.45, 2.75) is 6.10 Å². The molecule has 1 unspecified atom stereocenters. The molecular formula is C18H18N2O4. The quantitative estimate of drug-likeness (QED) is 0.902. The van der Waals surface area contributed by atoms with Crippen molar-refractivity contribution >= 4 is 23.3 Å². The molecule has 1 amide bonds. The van der Waals surface area contributed by atoms with Gasteiger partial charge in [0.25, 0.3) is 5.91 Å². The zero-order valence-electron chi connectivity index (χ0n) is 13.0. The maximum Gasteiger partial charge on any atom is 0.334 e. The summed E-state index contributed by atoms with van der Waals surface area (Å²) in [7, 11) is 0. The van der Waals surface area contributed by atoms with Gasteiger partial charge in [-0.15, -0.1) is 0 Å². The SMILES string of the molecule is O=C(O)C1CN(C(=O)c2ccccc2Nc2ccccc2)CCO1. The van der Waals surface area contributed by atoms with Crippen LogP contribution in [0.25, 0.3) is 0 Å². The number of carboxylic acid groups (broad SMARTS) is 1. The topological polar surface area (TPSA) is 78.9 Å². The Morgan fingerprint density at radius 3 is 2.54 bits per heavy atom. The van der Waals surface area contributed by atoms with E-state index >= 15 is 0 Å². The second kappa shape index (κ2) is 7.14. The summed E-state index contributed by atoms with van der Waals surface area (Å²) in [6.45, 7) is 0.646. The maximum atomic E-state index is 12.8. The number of carboxylic acids is 1. The van der Waals surface area contributed by atoms with E-state index in [0.29, 0.717) is 17.8 Å². The predicted molar refractivity (Wildman–Crippen MR) is 89.4 cm³/mol. The van der Waals surface area contributed by atoms with Gasteiger partial charge in [-0.25, -0.2) is 4.79 Å². The van der Waals surface area contributed by atoms with Crippen molar-refractivity contribution in [3.05, 3.63) is 60.2 Å². The maximum absolute atomic E-state index is 12.8. The standard InChI is InChI=1S/C18H18N2O4/c21-17(20-10-11-24-16(12-20)18(22)23)14-8-4-5-9-15(14)19-13-6-2-1-3-7-13/h1-9,16,19H,10-12H2,(H,22,23). The molecule has 1 atom stereocenters. The number of rotatable bonds is 4. The summed E-state index contributed by atoms with van der Waals surface area (Å²) in [6.07, 6.45) is -0.975. The Morgan fingerprint density at radius 2 is 1.79 bits per heavy atom. The number of hydrogen-bond donors (Lipinski definition) is 2. The fraction of sp³-hybridized carbons (Fsp3) is 0.222. The molecule has 1 aliphatic heterocycles. The average molecular weight is 326 g/mol. The molecule has 2 N–H and O–H groups in total. The van der Waals surface area contributed by atoms with Crippen LogP contribution < -0.4 is 5.32 Å². The minimum Gasteiger partial charge on any atom is -0.479 e. The molecule has 6 nitrogen and oxygen atoms in total. The van der Waals surface area contributed by atoms with Gasteiger partial charge in [0.15, 0.2) is 6.10 Å². The normalized spacial score (nSPS) is 17.3. The minimum atomic E-state index is -1.05. The van der Waals surface area contributed by atoms with Gasteiger partial charge >= 0.3 is 5.97 Å². The van der Waals surface area contributed by atoms with E-state index in [4.69, 9.17) is 9.84 Å². The zero-order chi connectivity index (χ0) is 16.9. The number of carbonyl (C=O) groups excluding carboxylic acids is 1. The smallest absolute Gasteiger partial charge is 0.334 e. The number of ether oxygens (including phenoxy) is 1. The van der Waals surface area contributed by atoms with Crippen LogP contribution >= 0.6 is 0 Å². The van der Waals surface area contributed by atoms with E-state index in [1.54, 1.807) is 12.1 Å². The molecule has 6 heteroatoms. The lowest BCUT2D eigenvalue weighted by Gasteiger charge is -2.31. The molecule has 124 valence electrons. The molecule has 0 saturated carbocycles. The van der Waals surface area contributed by atoms with Gasteiger partial charge in [0.05, 0.1) is 24.4 Å². The van der Waals surface area contributed by atoms with Gasteiger partial charge in [0, 0.05) is 12.2 Å². The fourth-order valence-corrected chi connectivity index (χ4v) is 2.61. The number of para-hydroxylation sites is 2. The van der Waals surface area contributed by atoms with Crippen molar-refractivity contribution in [2.24, 2.45) is 0 Å². The Hall–Kier alpha value is -2.86. The van der Waals surface area contributed by atoms with Crippen molar-refractivity contribution < 1.29 is 19.4 Å². The van der Waals surface area contributed by atoms with Crippen molar-refractivity contribution in [2.75, 3.05) is 25.0 Å². The van der Waals surface area contributed by atoms with Crippen LogP contribution in [0.3, 0.4) is 0 Å². The van der Waals surface area contributed by atoms with Crippen molar-refractivity contribution in [1.29, 1.82) is 0 Å². The molecule has 3 rings (SSSR count). The highest BCUT2D eigenvalue weighted by Gasteiger charge is 2.30. The number of carbonyl (C=O) groups is 2. The van der Waals surface area contributed by atoms with E-state index in [1.165, 1.54) is 4.90 Å². The third kappa shape index (κ3) is 3.55. The monoisotopic (exact) mass is 326 g/mol. The summed E-state index contributed by atoms with van der Waals surface area (Å²) in [4.78, 5) is 25.4. The highest BCUT2D eigenvalue weighted by Crippen LogP contribution is 2.23. The highest BCUT2D eigenvalue weighted by molar-refractivity contribution is 6.00. The number of morpholine rings is 1. The fourth-order valence-electron chi connectivity index (χ4n) is 2.61. The lowest BCUT2D eigenvalue weighted by atomic mass is 10.1. The number of nitrogens with one attached hydrogen (secondary N) is 1. The summed E-state index contributed by atoms with van der Waals surface area (Å²) in [6, 6.07) is 16.8. The molecule has 0 aliphatic carbocycles. The molecular weight excluding hydrogens is 308 g/mol. The van der Waals surface area contributed by atoms with E-state index in [9.17, 15) is 9.59 Å². The van der Waals surface area contributed by atoms with E-state index in [1.807, 2.05) is 42.5 Å². The molecule has 0 bridgehead atoms. The Labute approximate surface area is 139 Å². The number of hydrogen-bond acceptors (Lipinski definition) is 4. The van der Waals surface area contributed by atoms with Gasteiger partial charge < -0.3 is 20.1 Å². The van der Waals surface area contributed by atoms with E-state index in [-0.39, 0.29) is 19.1 Å². The van der Waals surface area contributed by atoms with Gasteiger partial charge in [-0.2, -0.15) is 0 Å². The average Bonchev–Trinajstić information content (AvgIpc) is 2.62. The van der Waals surface area contributed by atoms with Crippen molar-refractivity contribution in [3.63, 3.8) is 0 Å². The van der Waals surface area contributed by atoms with Gasteiger partial charge in [-0.1, -0.05) is 30.3 Å². The van der Waals surface area contributed by atoms with Crippen LogP contribution in [0.2, 0.25) is 0 Å². The molecule has 1 fully saturated rings. The first-order valence-corrected chi connectivity index (χ1v) is 7.70. The second-order valence-corrected chi connectivity index (χ2v) is 5.49. The first kappa shape index (κ1) is 16.0. The molecule has 0 spiro atoms. The number of benzene rings is 2. The molecule has 2 aromatic carbocycles. The summed E-state index contributed by atoms with van der Waals surface area (Å²) >= 11 is 0. The third-order valence-electron chi connectivity index (χ3n) is 3.84. The lowest BCUT2D eigenvalue weighted by Crippen LogP contribution is -2.48. The number of nitrogens with zero attached hydrogens (tertiary/aromatic N) is 1. The predicted octanol–water partition coefficient (Wildman–Crippen LogP) is 2.36. The van der Waals surface area contributed by atoms with Crippen LogP contribution in [-0.2, 0) is 9.53 Å². The molecule has 2 aromatic rings. The largest absolute Gasteiger partial charge is 0.479 e. The summed E-state index contributed by atoms with van der Waals surface area (Å²) < 4.78 is 5.17. The Balaban J connectivity index is 1.81. The van der Waals surface area contributed by atoms with Crippen molar-refractivity contribution in [1.82, 2.24) is 4.90 Å². The first-order valence-electron chi connectivity index (χ1n) is 7.70. The third-order valence-corrected chi connectivity index (χ3v) is 3.84. The van der Waals surface area contributed by atoms with E-state index in [2.05, 4.69) is 5.32 Å². The van der Waals surface area contributed by atoms with E-state index < -0.39 is 12.1 Å². The molecule has 0 radical (unpaired) electrons. The van der Waals surface area contributed by atoms with Crippen LogP contribution in [0, 0.1) is 0 Å². The minimum absolute atomic E-state index is 0.0494. The number of amides is 1. The van der Waals surface area contributed by atoms with Crippen LogP contribution in [0.4, 0.5) is 11.4 Å². The lowest BCUT2D eigenvalue weighted by molar-refractivity contribution is -0.154. The van der Waals surface area contributed by atoms with Gasteiger partial charge in [-0.3, -0.25) is 4.79 Å². The molecule has 1 heterocycles. The first-order chi connectivity index (χ1) is 11.6. The number of anilines is 2. The van der Waals surface area contributed by atoms with Crippen LogP contribution in [0.5, 0.6) is 0 Å². The van der Waals surface area contributed by atoms with Crippen molar-refractivity contribution in [3.8, 4) is 0 Å². The molecule has 24 heavy (non-hydrogen) atoms. The van der Waals surface area contributed by atoms with E-state index in [0.717, 1.165) is 5.69 Å². The zero-order valence-corrected chi connectivity index (χ0v) is 13.0. The van der Waals surface area contributed by atoms with Crippen LogP contribution in [0.15, 0.2) is 54.6 Å². The van der Waals surface area contributed by atoms with Crippen LogP contribution in [-0.4, -0.2) is 47.7 Å². The number of aliphatic carboxylic acids is 1. The molecule has 1 saturated heterocycles. The van der Waals surface area contributed by atoms with Gasteiger partial charge in [0.1, 0.15) is 0 Å². The Bertz CT molecular complexity index is 733.